The normalized spacial score (nSPS) is 10.4. The zero-order valence-electron chi connectivity index (χ0n) is 8.15. The molecule has 2 aromatic rings. The molecule has 1 aromatic heterocycles. The average Bonchev–Trinajstić information content (AvgIpc) is 2.15. The molecule has 0 fully saturated rings. The van der Waals surface area contributed by atoms with Crippen molar-refractivity contribution in [3.8, 4) is 0 Å². The number of aromatic nitrogens is 1. The number of rotatable bonds is 2. The Morgan fingerprint density at radius 3 is 2.62 bits per heavy atom. The number of nitrogens with zero attached hydrogens (tertiary/aromatic N) is 1. The molecule has 0 aliphatic heterocycles. The van der Waals surface area contributed by atoms with Crippen LogP contribution in [0.5, 0.6) is 0 Å². The molecular formula is C11H8Cl2N2S. The van der Waals surface area contributed by atoms with Crippen LogP contribution in [-0.2, 0) is 0 Å². The van der Waals surface area contributed by atoms with Crippen LogP contribution in [-0.4, -0.2) is 4.98 Å². The predicted molar refractivity (Wildman–Crippen MR) is 69.2 cm³/mol. The summed E-state index contributed by atoms with van der Waals surface area (Å²) in [5.41, 5.74) is 6.28. The molecule has 1 heterocycles. The lowest BCUT2D eigenvalue weighted by Gasteiger charge is -2.03. The van der Waals surface area contributed by atoms with Crippen LogP contribution in [0.25, 0.3) is 0 Å². The molecule has 0 saturated carbocycles. The first-order valence-corrected chi connectivity index (χ1v) is 6.07. The summed E-state index contributed by atoms with van der Waals surface area (Å²) < 4.78 is 0. The van der Waals surface area contributed by atoms with Gasteiger partial charge < -0.3 is 5.73 Å². The first-order chi connectivity index (χ1) is 7.63. The fourth-order valence-corrected chi connectivity index (χ4v) is 2.63. The number of halogens is 2. The number of anilines is 1. The number of pyridine rings is 1. The zero-order chi connectivity index (χ0) is 11.5. The number of hydrogen-bond acceptors (Lipinski definition) is 3. The first-order valence-electron chi connectivity index (χ1n) is 4.50. The molecule has 0 aliphatic carbocycles. The highest BCUT2D eigenvalue weighted by atomic mass is 35.5. The van der Waals surface area contributed by atoms with Gasteiger partial charge in [-0.1, -0.05) is 41.0 Å². The van der Waals surface area contributed by atoms with E-state index >= 15 is 0 Å². The summed E-state index contributed by atoms with van der Waals surface area (Å²) in [6, 6.07) is 10.9. The molecular weight excluding hydrogens is 263 g/mol. The third-order valence-electron chi connectivity index (χ3n) is 1.81. The molecule has 16 heavy (non-hydrogen) atoms. The Balaban J connectivity index is 2.27. The molecule has 2 rings (SSSR count). The van der Waals surface area contributed by atoms with E-state index in [9.17, 15) is 0 Å². The van der Waals surface area contributed by atoms with Crippen molar-refractivity contribution < 1.29 is 0 Å². The van der Waals surface area contributed by atoms with Crippen LogP contribution in [0.3, 0.4) is 0 Å². The van der Waals surface area contributed by atoms with Crippen molar-refractivity contribution in [1.29, 1.82) is 0 Å². The van der Waals surface area contributed by atoms with Crippen LogP contribution in [0.4, 0.5) is 5.69 Å². The van der Waals surface area contributed by atoms with Crippen molar-refractivity contribution in [2.45, 2.75) is 9.92 Å². The monoisotopic (exact) mass is 270 g/mol. The fraction of sp³-hybridized carbons (Fsp3) is 0. The van der Waals surface area contributed by atoms with E-state index in [1.807, 2.05) is 24.3 Å². The van der Waals surface area contributed by atoms with Gasteiger partial charge in [-0.3, -0.25) is 0 Å². The van der Waals surface area contributed by atoms with Gasteiger partial charge in [-0.05, 0) is 30.3 Å². The van der Waals surface area contributed by atoms with Gasteiger partial charge in [-0.15, -0.1) is 0 Å². The second kappa shape index (κ2) is 4.95. The quantitative estimate of drug-likeness (QED) is 0.835. The Morgan fingerprint density at radius 2 is 1.94 bits per heavy atom. The van der Waals surface area contributed by atoms with E-state index in [4.69, 9.17) is 28.9 Å². The molecule has 0 unspecified atom stereocenters. The Morgan fingerprint density at radius 1 is 1.12 bits per heavy atom. The van der Waals surface area contributed by atoms with Crippen LogP contribution in [0.2, 0.25) is 10.2 Å². The van der Waals surface area contributed by atoms with E-state index in [-0.39, 0.29) is 0 Å². The summed E-state index contributed by atoms with van der Waals surface area (Å²) in [5.74, 6) is 0. The van der Waals surface area contributed by atoms with Gasteiger partial charge in [0.05, 0.1) is 0 Å². The van der Waals surface area contributed by atoms with Gasteiger partial charge in [0, 0.05) is 15.6 Å². The Hall–Kier alpha value is -0.900. The molecule has 2 nitrogen and oxygen atoms in total. The SMILES string of the molecule is Nc1cc(Cl)nc(Sc2cccc(Cl)c2)c1. The second-order valence-electron chi connectivity index (χ2n) is 3.12. The van der Waals surface area contributed by atoms with Crippen LogP contribution in [0.1, 0.15) is 0 Å². The van der Waals surface area contributed by atoms with Crippen molar-refractivity contribution >= 4 is 40.7 Å². The summed E-state index contributed by atoms with van der Waals surface area (Å²) in [6.45, 7) is 0. The molecule has 0 atom stereocenters. The number of nitrogens with two attached hydrogens (primary N) is 1. The molecule has 2 N–H and O–H groups in total. The number of hydrogen-bond donors (Lipinski definition) is 1. The van der Waals surface area contributed by atoms with Crippen molar-refractivity contribution in [3.05, 3.63) is 46.6 Å². The molecule has 5 heteroatoms. The summed E-state index contributed by atoms with van der Waals surface area (Å²) in [7, 11) is 0. The topological polar surface area (TPSA) is 38.9 Å². The average molecular weight is 271 g/mol. The fourth-order valence-electron chi connectivity index (χ4n) is 1.20. The molecule has 0 bridgehead atoms. The number of nitrogen functional groups attached to an aromatic ring is 1. The summed E-state index contributed by atoms with van der Waals surface area (Å²) >= 11 is 13.2. The van der Waals surface area contributed by atoms with Crippen LogP contribution in [0, 0.1) is 0 Å². The second-order valence-corrected chi connectivity index (χ2v) is 5.04. The van der Waals surface area contributed by atoms with Crippen molar-refractivity contribution in [2.24, 2.45) is 0 Å². The van der Waals surface area contributed by atoms with Crippen LogP contribution < -0.4 is 5.73 Å². The van der Waals surface area contributed by atoms with E-state index in [1.54, 1.807) is 12.1 Å². The lowest BCUT2D eigenvalue weighted by Crippen LogP contribution is -1.88. The largest absolute Gasteiger partial charge is 0.399 e. The summed E-state index contributed by atoms with van der Waals surface area (Å²) in [4.78, 5) is 5.17. The Kier molecular flexibility index (Phi) is 3.59. The maximum atomic E-state index is 5.89. The van der Waals surface area contributed by atoms with Gasteiger partial charge in [0.25, 0.3) is 0 Å². The highest BCUT2D eigenvalue weighted by Crippen LogP contribution is 2.30. The maximum absolute atomic E-state index is 5.89. The van der Waals surface area contributed by atoms with E-state index in [1.165, 1.54) is 11.8 Å². The van der Waals surface area contributed by atoms with Crippen molar-refractivity contribution in [3.63, 3.8) is 0 Å². The molecule has 0 radical (unpaired) electrons. The Labute approximate surface area is 108 Å². The van der Waals surface area contributed by atoms with E-state index < -0.39 is 0 Å². The van der Waals surface area contributed by atoms with E-state index in [2.05, 4.69) is 4.98 Å². The Bertz CT molecular complexity index is 497. The molecule has 0 spiro atoms. The smallest absolute Gasteiger partial charge is 0.132 e. The highest BCUT2D eigenvalue weighted by Gasteiger charge is 2.02. The lowest BCUT2D eigenvalue weighted by molar-refractivity contribution is 1.14. The molecule has 0 aliphatic rings. The lowest BCUT2D eigenvalue weighted by atomic mass is 10.4. The predicted octanol–water partition coefficient (Wildman–Crippen LogP) is 4.12. The third kappa shape index (κ3) is 3.04. The highest BCUT2D eigenvalue weighted by molar-refractivity contribution is 7.99. The first kappa shape index (κ1) is 11.6. The minimum atomic E-state index is 0.393. The summed E-state index contributed by atoms with van der Waals surface area (Å²) in [6.07, 6.45) is 0. The van der Waals surface area contributed by atoms with Crippen molar-refractivity contribution in [2.75, 3.05) is 5.73 Å². The van der Waals surface area contributed by atoms with Gasteiger partial charge in [0.15, 0.2) is 0 Å². The standard InChI is InChI=1S/C11H8Cl2N2S/c12-7-2-1-3-9(4-7)16-11-6-8(14)5-10(13)15-11/h1-6H,(H2,14,15). The molecule has 1 aromatic carbocycles. The minimum Gasteiger partial charge on any atom is -0.399 e. The van der Waals surface area contributed by atoms with Crippen molar-refractivity contribution in [1.82, 2.24) is 4.98 Å². The van der Waals surface area contributed by atoms with E-state index in [0.29, 0.717) is 15.9 Å². The molecule has 0 saturated heterocycles. The number of benzene rings is 1. The van der Waals surface area contributed by atoms with Gasteiger partial charge in [-0.2, -0.15) is 0 Å². The molecule has 0 amide bonds. The van der Waals surface area contributed by atoms with Crippen LogP contribution in [0.15, 0.2) is 46.3 Å². The van der Waals surface area contributed by atoms with Crippen LogP contribution >= 0.6 is 35.0 Å². The van der Waals surface area contributed by atoms with E-state index in [0.717, 1.165) is 9.92 Å². The zero-order valence-corrected chi connectivity index (χ0v) is 10.5. The van der Waals surface area contributed by atoms with Gasteiger partial charge >= 0.3 is 0 Å². The summed E-state index contributed by atoms with van der Waals surface area (Å²) in [5, 5.41) is 1.84. The van der Waals surface area contributed by atoms with Gasteiger partial charge in [-0.25, -0.2) is 4.98 Å². The maximum Gasteiger partial charge on any atom is 0.132 e. The van der Waals surface area contributed by atoms with Gasteiger partial charge in [0.2, 0.25) is 0 Å². The minimum absolute atomic E-state index is 0.393. The van der Waals surface area contributed by atoms with Gasteiger partial charge in [0.1, 0.15) is 10.2 Å². The molecule has 82 valence electrons. The third-order valence-corrected chi connectivity index (χ3v) is 3.15.